The third-order valence-corrected chi connectivity index (χ3v) is 5.25. The minimum Gasteiger partial charge on any atom is -0.367 e. The summed E-state index contributed by atoms with van der Waals surface area (Å²) < 4.78 is 1.79. The Bertz CT molecular complexity index is 1180. The fourth-order valence-electron chi connectivity index (χ4n) is 3.28. The Labute approximate surface area is 172 Å². The quantitative estimate of drug-likeness (QED) is 0.593. The predicted octanol–water partition coefficient (Wildman–Crippen LogP) is 4.12. The molecule has 1 saturated heterocycles. The molecule has 3 heterocycles. The second kappa shape index (κ2) is 6.93. The molecule has 2 aromatic heterocycles. The van der Waals surface area contributed by atoms with Crippen molar-refractivity contribution in [2.24, 2.45) is 0 Å². The number of carbonyl (C=O) groups is 1. The number of amides is 1. The molecule has 0 radical (unpaired) electrons. The molecule has 0 unspecified atom stereocenters. The van der Waals surface area contributed by atoms with Gasteiger partial charge in [-0.1, -0.05) is 30.3 Å². The van der Waals surface area contributed by atoms with Gasteiger partial charge in [0.25, 0.3) is 0 Å². The molecule has 2 fully saturated rings. The van der Waals surface area contributed by atoms with Crippen molar-refractivity contribution >= 4 is 46.6 Å². The van der Waals surface area contributed by atoms with Crippen molar-refractivity contribution in [3.05, 3.63) is 65.0 Å². The fourth-order valence-corrected chi connectivity index (χ4v) is 3.47. The predicted molar refractivity (Wildman–Crippen MR) is 114 cm³/mol. The van der Waals surface area contributed by atoms with Gasteiger partial charge in [-0.3, -0.25) is 4.79 Å². The SMILES string of the molecule is C=C1NC(=O)C/C1=C\c1cnn2c(NC3CC3)cc(Nc3ccccc3Cl)nc12. The number of allylic oxidation sites excluding steroid dienone is 1. The molecule has 29 heavy (non-hydrogen) atoms. The summed E-state index contributed by atoms with van der Waals surface area (Å²) >= 11 is 6.30. The largest absolute Gasteiger partial charge is 0.367 e. The Morgan fingerprint density at radius 2 is 2.14 bits per heavy atom. The number of nitrogens with zero attached hydrogens (tertiary/aromatic N) is 3. The molecule has 8 heteroatoms. The molecule has 146 valence electrons. The molecular formula is C21H19ClN6O. The van der Waals surface area contributed by atoms with Gasteiger partial charge in [0.1, 0.15) is 11.6 Å². The average molecular weight is 407 g/mol. The molecule has 2 aliphatic rings. The van der Waals surface area contributed by atoms with E-state index in [0.717, 1.165) is 35.5 Å². The van der Waals surface area contributed by atoms with Crippen LogP contribution in [-0.4, -0.2) is 26.5 Å². The van der Waals surface area contributed by atoms with Crippen molar-refractivity contribution in [2.75, 3.05) is 10.6 Å². The van der Waals surface area contributed by atoms with Crippen LogP contribution in [0.1, 0.15) is 24.8 Å². The zero-order valence-electron chi connectivity index (χ0n) is 15.6. The number of hydrogen-bond donors (Lipinski definition) is 3. The van der Waals surface area contributed by atoms with Crippen LogP contribution in [0.25, 0.3) is 11.7 Å². The maximum absolute atomic E-state index is 11.6. The highest BCUT2D eigenvalue weighted by molar-refractivity contribution is 6.33. The lowest BCUT2D eigenvalue weighted by Crippen LogP contribution is -2.10. The Morgan fingerprint density at radius 1 is 1.31 bits per heavy atom. The Hall–Kier alpha value is -3.32. The van der Waals surface area contributed by atoms with Gasteiger partial charge in [0.05, 0.1) is 23.3 Å². The topological polar surface area (TPSA) is 83.4 Å². The van der Waals surface area contributed by atoms with Crippen LogP contribution in [0, 0.1) is 0 Å². The minimum absolute atomic E-state index is 0.0529. The van der Waals surface area contributed by atoms with E-state index in [1.54, 1.807) is 10.7 Å². The zero-order valence-corrected chi connectivity index (χ0v) is 16.3. The highest BCUT2D eigenvalue weighted by atomic mass is 35.5. The van der Waals surface area contributed by atoms with Crippen LogP contribution < -0.4 is 16.0 Å². The molecule has 3 N–H and O–H groups in total. The van der Waals surface area contributed by atoms with E-state index >= 15 is 0 Å². The number of carbonyl (C=O) groups excluding carboxylic acids is 1. The first-order valence-corrected chi connectivity index (χ1v) is 9.81. The Kier molecular flexibility index (Phi) is 4.24. The van der Waals surface area contributed by atoms with Crippen LogP contribution >= 0.6 is 11.6 Å². The van der Waals surface area contributed by atoms with Crippen LogP contribution in [0.4, 0.5) is 17.3 Å². The first-order chi connectivity index (χ1) is 14.1. The average Bonchev–Trinajstić information content (AvgIpc) is 3.33. The van der Waals surface area contributed by atoms with E-state index in [0.29, 0.717) is 34.6 Å². The molecule has 0 bridgehead atoms. The first kappa shape index (κ1) is 17.8. The summed E-state index contributed by atoms with van der Waals surface area (Å²) in [7, 11) is 0. The van der Waals surface area contributed by atoms with Crippen molar-refractivity contribution in [3.63, 3.8) is 0 Å². The highest BCUT2D eigenvalue weighted by Crippen LogP contribution is 2.30. The van der Waals surface area contributed by atoms with Crippen LogP contribution in [-0.2, 0) is 4.79 Å². The van der Waals surface area contributed by atoms with Crippen molar-refractivity contribution in [1.82, 2.24) is 19.9 Å². The van der Waals surface area contributed by atoms with Gasteiger partial charge in [-0.15, -0.1) is 0 Å². The molecule has 3 aromatic rings. The van der Waals surface area contributed by atoms with E-state index < -0.39 is 0 Å². The van der Waals surface area contributed by atoms with Crippen molar-refractivity contribution < 1.29 is 4.79 Å². The number of fused-ring (bicyclic) bond motifs is 1. The second-order valence-electron chi connectivity index (χ2n) is 7.26. The number of benzene rings is 1. The van der Waals surface area contributed by atoms with E-state index in [-0.39, 0.29) is 5.91 Å². The molecule has 1 amide bonds. The van der Waals surface area contributed by atoms with Crippen LogP contribution in [0.2, 0.25) is 5.02 Å². The number of halogens is 1. The number of rotatable bonds is 5. The van der Waals surface area contributed by atoms with Gasteiger partial charge in [0.15, 0.2) is 5.65 Å². The van der Waals surface area contributed by atoms with E-state index in [9.17, 15) is 4.79 Å². The van der Waals surface area contributed by atoms with Gasteiger partial charge in [-0.05, 0) is 36.6 Å². The normalized spacial score (nSPS) is 17.8. The fraction of sp³-hybridized carbons (Fsp3) is 0.190. The lowest BCUT2D eigenvalue weighted by atomic mass is 10.1. The molecular weight excluding hydrogens is 388 g/mol. The summed E-state index contributed by atoms with van der Waals surface area (Å²) in [6.07, 6.45) is 6.26. The standard InChI is InChI=1S/C21H19ClN6O/c1-12-13(9-20(29)24-12)8-14-11-23-28-19(25-15-6-7-15)10-18(27-21(14)28)26-17-5-3-2-4-16(17)22/h2-5,8,10-11,15,25H,1,6-7,9H2,(H,24,29)(H,26,27)/b13-8+. The third kappa shape index (κ3) is 3.56. The molecule has 1 aliphatic carbocycles. The summed E-state index contributed by atoms with van der Waals surface area (Å²) in [4.78, 5) is 16.4. The molecule has 5 rings (SSSR count). The van der Waals surface area contributed by atoms with Gasteiger partial charge in [0, 0.05) is 23.4 Å². The molecule has 1 aromatic carbocycles. The van der Waals surface area contributed by atoms with Crippen LogP contribution in [0.15, 0.2) is 54.4 Å². The third-order valence-electron chi connectivity index (χ3n) is 4.92. The van der Waals surface area contributed by atoms with Crippen molar-refractivity contribution in [3.8, 4) is 0 Å². The Morgan fingerprint density at radius 3 is 2.86 bits per heavy atom. The van der Waals surface area contributed by atoms with Crippen molar-refractivity contribution in [2.45, 2.75) is 25.3 Å². The lowest BCUT2D eigenvalue weighted by Gasteiger charge is -2.12. The van der Waals surface area contributed by atoms with Gasteiger partial charge in [-0.25, -0.2) is 4.98 Å². The molecule has 7 nitrogen and oxygen atoms in total. The number of anilines is 3. The van der Waals surface area contributed by atoms with Gasteiger partial charge < -0.3 is 16.0 Å². The lowest BCUT2D eigenvalue weighted by molar-refractivity contribution is -0.118. The highest BCUT2D eigenvalue weighted by Gasteiger charge is 2.24. The number of nitrogens with one attached hydrogen (secondary N) is 3. The smallest absolute Gasteiger partial charge is 0.228 e. The van der Waals surface area contributed by atoms with E-state index in [1.807, 2.05) is 36.4 Å². The van der Waals surface area contributed by atoms with Crippen molar-refractivity contribution in [1.29, 1.82) is 0 Å². The number of hydrogen-bond acceptors (Lipinski definition) is 5. The number of para-hydroxylation sites is 1. The summed E-state index contributed by atoms with van der Waals surface area (Å²) in [6, 6.07) is 9.92. The molecule has 0 atom stereocenters. The van der Waals surface area contributed by atoms with Crippen LogP contribution in [0.3, 0.4) is 0 Å². The zero-order chi connectivity index (χ0) is 20.0. The maximum atomic E-state index is 11.6. The monoisotopic (exact) mass is 406 g/mol. The maximum Gasteiger partial charge on any atom is 0.228 e. The minimum atomic E-state index is -0.0529. The summed E-state index contributed by atoms with van der Waals surface area (Å²) in [5, 5.41) is 14.7. The van der Waals surface area contributed by atoms with E-state index in [2.05, 4.69) is 27.6 Å². The molecule has 1 saturated carbocycles. The van der Waals surface area contributed by atoms with Gasteiger partial charge in [-0.2, -0.15) is 9.61 Å². The Balaban J connectivity index is 1.59. The van der Waals surface area contributed by atoms with Crippen LogP contribution in [0.5, 0.6) is 0 Å². The van der Waals surface area contributed by atoms with E-state index in [4.69, 9.17) is 16.6 Å². The number of aromatic nitrogens is 3. The van der Waals surface area contributed by atoms with E-state index in [1.165, 1.54) is 0 Å². The molecule has 0 spiro atoms. The summed E-state index contributed by atoms with van der Waals surface area (Å²) in [5.74, 6) is 1.47. The summed E-state index contributed by atoms with van der Waals surface area (Å²) in [5.41, 5.74) is 3.75. The first-order valence-electron chi connectivity index (χ1n) is 9.43. The molecule has 1 aliphatic heterocycles. The van der Waals surface area contributed by atoms with Gasteiger partial charge in [0.2, 0.25) is 5.91 Å². The van der Waals surface area contributed by atoms with Gasteiger partial charge >= 0.3 is 0 Å². The summed E-state index contributed by atoms with van der Waals surface area (Å²) in [6.45, 7) is 3.91. The second-order valence-corrected chi connectivity index (χ2v) is 7.67.